The van der Waals surface area contributed by atoms with E-state index in [2.05, 4.69) is 11.0 Å². The van der Waals surface area contributed by atoms with E-state index in [0.29, 0.717) is 0 Å². The molecule has 4 nitrogen and oxygen atoms in total. The monoisotopic (exact) mass is 196 g/mol. The Balaban J connectivity index is 2.41. The molecule has 0 aromatic rings. The number of carboxylic acid groups (broad SMARTS) is 1. The summed E-state index contributed by atoms with van der Waals surface area (Å²) in [5.74, 6) is -0.503. The average Bonchev–Trinajstić information content (AvgIpc) is 2.54. The fourth-order valence-corrected chi connectivity index (χ4v) is 1.99. The number of rotatable bonds is 4. The van der Waals surface area contributed by atoms with E-state index in [1.165, 1.54) is 0 Å². The molecule has 1 heterocycles. The zero-order valence-corrected chi connectivity index (χ0v) is 8.44. The molecule has 1 aliphatic rings. The highest BCUT2D eigenvalue weighted by atomic mass is 16.4. The van der Waals surface area contributed by atoms with Crippen molar-refractivity contribution in [2.75, 3.05) is 13.1 Å². The number of aliphatic carboxylic acids is 1. The van der Waals surface area contributed by atoms with Gasteiger partial charge >= 0.3 is 5.97 Å². The molecule has 0 amide bonds. The summed E-state index contributed by atoms with van der Waals surface area (Å²) < 4.78 is 0. The standard InChI is InChI=1S/C10H16N2O2/c1-2-9(6-11)12-4-3-8(7-12)5-10(13)14/h8-9H,2-5,7H2,1H3,(H,13,14). The lowest BCUT2D eigenvalue weighted by Crippen LogP contribution is -2.31. The third kappa shape index (κ3) is 2.71. The van der Waals surface area contributed by atoms with E-state index in [1.54, 1.807) is 0 Å². The largest absolute Gasteiger partial charge is 0.481 e. The number of carbonyl (C=O) groups is 1. The molecule has 0 spiro atoms. The predicted octanol–water partition coefficient (Wildman–Crippen LogP) is 1.09. The molecular weight excluding hydrogens is 180 g/mol. The van der Waals surface area contributed by atoms with E-state index in [1.807, 2.05) is 6.92 Å². The zero-order chi connectivity index (χ0) is 10.6. The smallest absolute Gasteiger partial charge is 0.303 e. The van der Waals surface area contributed by atoms with Crippen molar-refractivity contribution in [2.24, 2.45) is 5.92 Å². The third-order valence-corrected chi connectivity index (χ3v) is 2.76. The molecule has 1 rings (SSSR count). The minimum Gasteiger partial charge on any atom is -0.481 e. The molecule has 0 aromatic carbocycles. The summed E-state index contributed by atoms with van der Waals surface area (Å²) in [7, 11) is 0. The molecular formula is C10H16N2O2. The fourth-order valence-electron chi connectivity index (χ4n) is 1.99. The highest BCUT2D eigenvalue weighted by Gasteiger charge is 2.28. The summed E-state index contributed by atoms with van der Waals surface area (Å²) in [5, 5.41) is 17.5. The van der Waals surface area contributed by atoms with E-state index in [9.17, 15) is 4.79 Å². The first kappa shape index (κ1) is 11.0. The van der Waals surface area contributed by atoms with Gasteiger partial charge in [-0.2, -0.15) is 5.26 Å². The van der Waals surface area contributed by atoms with Gasteiger partial charge in [0.2, 0.25) is 0 Å². The van der Waals surface area contributed by atoms with Crippen molar-refractivity contribution < 1.29 is 9.90 Å². The van der Waals surface area contributed by atoms with Gasteiger partial charge < -0.3 is 5.11 Å². The maximum absolute atomic E-state index is 10.5. The Hall–Kier alpha value is -1.08. The lowest BCUT2D eigenvalue weighted by molar-refractivity contribution is -0.138. The van der Waals surface area contributed by atoms with Crippen LogP contribution in [0.1, 0.15) is 26.2 Å². The maximum Gasteiger partial charge on any atom is 0.303 e. The van der Waals surface area contributed by atoms with Crippen LogP contribution in [-0.4, -0.2) is 35.1 Å². The minimum absolute atomic E-state index is 0.0335. The van der Waals surface area contributed by atoms with E-state index in [-0.39, 0.29) is 18.4 Å². The summed E-state index contributed by atoms with van der Waals surface area (Å²) in [6.45, 7) is 3.61. The van der Waals surface area contributed by atoms with Crippen LogP contribution in [0.4, 0.5) is 0 Å². The topological polar surface area (TPSA) is 64.3 Å². The summed E-state index contributed by atoms with van der Waals surface area (Å²) >= 11 is 0. The minimum atomic E-state index is -0.734. The van der Waals surface area contributed by atoms with Gasteiger partial charge in [-0.1, -0.05) is 6.92 Å². The molecule has 4 heteroatoms. The second-order valence-corrected chi connectivity index (χ2v) is 3.80. The van der Waals surface area contributed by atoms with Crippen LogP contribution in [0.25, 0.3) is 0 Å². The van der Waals surface area contributed by atoms with Gasteiger partial charge in [0.25, 0.3) is 0 Å². The quantitative estimate of drug-likeness (QED) is 0.730. The van der Waals surface area contributed by atoms with E-state index >= 15 is 0 Å². The van der Waals surface area contributed by atoms with Crippen LogP contribution < -0.4 is 0 Å². The molecule has 78 valence electrons. The van der Waals surface area contributed by atoms with Gasteiger partial charge in [0.05, 0.1) is 12.1 Å². The van der Waals surface area contributed by atoms with Crippen molar-refractivity contribution in [3.63, 3.8) is 0 Å². The molecule has 14 heavy (non-hydrogen) atoms. The molecule has 1 N–H and O–H groups in total. The molecule has 2 atom stereocenters. The molecule has 0 aromatic heterocycles. The molecule has 0 saturated carbocycles. The Morgan fingerprint density at radius 1 is 1.79 bits per heavy atom. The van der Waals surface area contributed by atoms with Gasteiger partial charge in [-0.05, 0) is 25.3 Å². The Morgan fingerprint density at radius 2 is 2.50 bits per heavy atom. The van der Waals surface area contributed by atoms with Gasteiger partial charge in [-0.15, -0.1) is 0 Å². The number of hydrogen-bond acceptors (Lipinski definition) is 3. The first-order chi connectivity index (χ1) is 6.67. The first-order valence-corrected chi connectivity index (χ1v) is 5.02. The third-order valence-electron chi connectivity index (χ3n) is 2.76. The number of hydrogen-bond donors (Lipinski definition) is 1. The first-order valence-electron chi connectivity index (χ1n) is 5.02. The normalized spacial score (nSPS) is 24.4. The van der Waals surface area contributed by atoms with Gasteiger partial charge in [-0.25, -0.2) is 0 Å². The highest BCUT2D eigenvalue weighted by molar-refractivity contribution is 5.67. The van der Waals surface area contributed by atoms with Crippen molar-refractivity contribution in [1.29, 1.82) is 5.26 Å². The van der Waals surface area contributed by atoms with Gasteiger partial charge in [0.15, 0.2) is 0 Å². The SMILES string of the molecule is CCC(C#N)N1CCC(CC(=O)O)C1. The molecule has 0 radical (unpaired) electrons. The van der Waals surface area contributed by atoms with Crippen molar-refractivity contribution in [3.05, 3.63) is 0 Å². The lowest BCUT2D eigenvalue weighted by Gasteiger charge is -2.20. The van der Waals surface area contributed by atoms with Crippen LogP contribution in [0.5, 0.6) is 0 Å². The summed E-state index contributed by atoms with van der Waals surface area (Å²) in [5.41, 5.74) is 0. The lowest BCUT2D eigenvalue weighted by atomic mass is 10.1. The van der Waals surface area contributed by atoms with Crippen LogP contribution in [0.15, 0.2) is 0 Å². The summed E-state index contributed by atoms with van der Waals surface area (Å²) in [6, 6.07) is 2.21. The van der Waals surface area contributed by atoms with Crippen LogP contribution >= 0.6 is 0 Å². The highest BCUT2D eigenvalue weighted by Crippen LogP contribution is 2.22. The van der Waals surface area contributed by atoms with Gasteiger partial charge in [-0.3, -0.25) is 9.69 Å². The van der Waals surface area contributed by atoms with Crippen molar-refractivity contribution in [2.45, 2.75) is 32.2 Å². The number of likely N-dealkylation sites (tertiary alicyclic amines) is 1. The number of nitriles is 1. The predicted molar refractivity (Wildman–Crippen MR) is 51.6 cm³/mol. The molecule has 1 aliphatic heterocycles. The van der Waals surface area contributed by atoms with Crippen LogP contribution in [0.2, 0.25) is 0 Å². The van der Waals surface area contributed by atoms with Crippen LogP contribution in [0, 0.1) is 17.2 Å². The molecule has 1 fully saturated rings. The van der Waals surface area contributed by atoms with E-state index in [0.717, 1.165) is 25.9 Å². The molecule has 1 saturated heterocycles. The summed E-state index contributed by atoms with van der Waals surface area (Å²) in [4.78, 5) is 12.6. The van der Waals surface area contributed by atoms with E-state index < -0.39 is 5.97 Å². The Bertz CT molecular complexity index is 247. The fraction of sp³-hybridized carbons (Fsp3) is 0.800. The Morgan fingerprint density at radius 3 is 3.00 bits per heavy atom. The molecule has 0 aliphatic carbocycles. The van der Waals surface area contributed by atoms with Crippen LogP contribution in [-0.2, 0) is 4.79 Å². The van der Waals surface area contributed by atoms with Crippen molar-refractivity contribution in [3.8, 4) is 6.07 Å². The second kappa shape index (κ2) is 4.97. The zero-order valence-electron chi connectivity index (χ0n) is 8.44. The Labute approximate surface area is 84.1 Å². The second-order valence-electron chi connectivity index (χ2n) is 3.80. The van der Waals surface area contributed by atoms with Crippen LogP contribution in [0.3, 0.4) is 0 Å². The number of nitrogens with zero attached hydrogens (tertiary/aromatic N) is 2. The van der Waals surface area contributed by atoms with Crippen molar-refractivity contribution in [1.82, 2.24) is 4.90 Å². The average molecular weight is 196 g/mol. The van der Waals surface area contributed by atoms with Crippen molar-refractivity contribution >= 4 is 5.97 Å². The van der Waals surface area contributed by atoms with E-state index in [4.69, 9.17) is 10.4 Å². The molecule has 2 unspecified atom stereocenters. The maximum atomic E-state index is 10.5. The van der Waals surface area contributed by atoms with Gasteiger partial charge in [0, 0.05) is 13.0 Å². The van der Waals surface area contributed by atoms with Gasteiger partial charge in [0.1, 0.15) is 0 Å². The number of carboxylic acids is 1. The summed E-state index contributed by atoms with van der Waals surface area (Å²) in [6.07, 6.45) is 1.96. The molecule has 0 bridgehead atoms. The Kier molecular flexibility index (Phi) is 3.90.